The molecule has 0 aliphatic rings. The van der Waals surface area contributed by atoms with Gasteiger partial charge in [-0.2, -0.15) is 0 Å². The van der Waals surface area contributed by atoms with E-state index in [9.17, 15) is 8.78 Å². The van der Waals surface area contributed by atoms with Crippen molar-refractivity contribution in [2.75, 3.05) is 12.4 Å². The third kappa shape index (κ3) is 3.74. The first-order chi connectivity index (χ1) is 8.75. The van der Waals surface area contributed by atoms with Crippen molar-refractivity contribution in [2.45, 2.75) is 4.90 Å². The van der Waals surface area contributed by atoms with Crippen LogP contribution in [0.3, 0.4) is 0 Å². The van der Waals surface area contributed by atoms with Gasteiger partial charge in [0.05, 0.1) is 6.61 Å². The number of halogens is 2. The molecule has 18 heavy (non-hydrogen) atoms. The van der Waals surface area contributed by atoms with Gasteiger partial charge >= 0.3 is 0 Å². The molecule has 0 atom stereocenters. The maximum atomic E-state index is 12.9. The SMILES string of the molecule is Fc1ccc(OCCSc2ccccc2)cc1F. The van der Waals surface area contributed by atoms with E-state index in [0.717, 1.165) is 22.8 Å². The van der Waals surface area contributed by atoms with Gasteiger partial charge in [-0.25, -0.2) is 8.78 Å². The lowest BCUT2D eigenvalue weighted by Gasteiger charge is -2.06. The van der Waals surface area contributed by atoms with Crippen LogP contribution in [0.25, 0.3) is 0 Å². The second kappa shape index (κ2) is 6.40. The third-order valence-corrected chi connectivity index (χ3v) is 3.23. The first-order valence-corrected chi connectivity index (χ1v) is 6.50. The molecule has 0 aliphatic heterocycles. The molecule has 0 amide bonds. The molecule has 4 heteroatoms. The van der Waals surface area contributed by atoms with Crippen LogP contribution < -0.4 is 4.74 Å². The van der Waals surface area contributed by atoms with Crippen LogP contribution in [0.15, 0.2) is 53.4 Å². The molecule has 0 heterocycles. The molecule has 0 saturated carbocycles. The van der Waals surface area contributed by atoms with Crippen molar-refractivity contribution in [3.63, 3.8) is 0 Å². The molecule has 0 saturated heterocycles. The van der Waals surface area contributed by atoms with Crippen LogP contribution in [0, 0.1) is 11.6 Å². The van der Waals surface area contributed by atoms with Crippen molar-refractivity contribution in [1.82, 2.24) is 0 Å². The van der Waals surface area contributed by atoms with Crippen LogP contribution in [-0.4, -0.2) is 12.4 Å². The Kier molecular flexibility index (Phi) is 4.59. The summed E-state index contributed by atoms with van der Waals surface area (Å²) in [6.07, 6.45) is 0. The Morgan fingerprint density at radius 3 is 2.44 bits per heavy atom. The first kappa shape index (κ1) is 12.9. The Labute approximate surface area is 109 Å². The predicted molar refractivity (Wildman–Crippen MR) is 69.0 cm³/mol. The van der Waals surface area contributed by atoms with Gasteiger partial charge in [-0.15, -0.1) is 11.8 Å². The molecule has 0 radical (unpaired) electrons. The largest absolute Gasteiger partial charge is 0.493 e. The molecule has 0 aliphatic carbocycles. The van der Waals surface area contributed by atoms with Crippen molar-refractivity contribution in [2.24, 2.45) is 0 Å². The van der Waals surface area contributed by atoms with Crippen LogP contribution >= 0.6 is 11.8 Å². The zero-order valence-electron chi connectivity index (χ0n) is 9.61. The van der Waals surface area contributed by atoms with Gasteiger partial charge in [-0.05, 0) is 24.3 Å². The summed E-state index contributed by atoms with van der Waals surface area (Å²) in [4.78, 5) is 1.16. The zero-order valence-corrected chi connectivity index (χ0v) is 10.4. The lowest BCUT2D eigenvalue weighted by molar-refractivity contribution is 0.340. The molecule has 0 aromatic heterocycles. The third-order valence-electron chi connectivity index (χ3n) is 2.26. The van der Waals surface area contributed by atoms with Crippen LogP contribution in [0.5, 0.6) is 5.75 Å². The molecule has 2 aromatic rings. The summed E-state index contributed by atoms with van der Waals surface area (Å²) >= 11 is 1.65. The second-order valence-corrected chi connectivity index (χ2v) is 4.75. The Bertz CT molecular complexity index is 502. The van der Waals surface area contributed by atoms with E-state index in [0.29, 0.717) is 12.4 Å². The maximum Gasteiger partial charge on any atom is 0.162 e. The van der Waals surface area contributed by atoms with Crippen LogP contribution in [0.4, 0.5) is 8.78 Å². The van der Waals surface area contributed by atoms with Crippen LogP contribution in [0.2, 0.25) is 0 Å². The van der Waals surface area contributed by atoms with Crippen molar-refractivity contribution in [3.8, 4) is 5.75 Å². The Hall–Kier alpha value is -1.55. The number of thioether (sulfide) groups is 1. The van der Waals surface area contributed by atoms with Gasteiger partial charge in [-0.3, -0.25) is 0 Å². The number of ether oxygens (including phenoxy) is 1. The smallest absolute Gasteiger partial charge is 0.162 e. The van der Waals surface area contributed by atoms with Gasteiger partial charge < -0.3 is 4.74 Å². The molecular formula is C14H12F2OS. The van der Waals surface area contributed by atoms with Crippen LogP contribution in [-0.2, 0) is 0 Å². The molecule has 0 spiro atoms. The van der Waals surface area contributed by atoms with Gasteiger partial charge in [-0.1, -0.05) is 18.2 Å². The maximum absolute atomic E-state index is 12.9. The summed E-state index contributed by atoms with van der Waals surface area (Å²) in [6, 6.07) is 13.5. The molecular weight excluding hydrogens is 254 g/mol. The van der Waals surface area contributed by atoms with Gasteiger partial charge in [0.1, 0.15) is 5.75 Å². The van der Waals surface area contributed by atoms with E-state index >= 15 is 0 Å². The van der Waals surface area contributed by atoms with E-state index < -0.39 is 11.6 Å². The predicted octanol–water partition coefficient (Wildman–Crippen LogP) is 4.14. The lowest BCUT2D eigenvalue weighted by Crippen LogP contribution is -2.00. The fourth-order valence-corrected chi connectivity index (χ4v) is 2.15. The van der Waals surface area contributed by atoms with E-state index in [1.807, 2.05) is 30.3 Å². The standard InChI is InChI=1S/C14H12F2OS/c15-13-7-6-11(10-14(13)16)17-8-9-18-12-4-2-1-3-5-12/h1-7,10H,8-9H2. The van der Waals surface area contributed by atoms with Crippen molar-refractivity contribution in [3.05, 3.63) is 60.2 Å². The van der Waals surface area contributed by atoms with E-state index in [2.05, 4.69) is 0 Å². The molecule has 0 fully saturated rings. The van der Waals surface area contributed by atoms with E-state index in [1.54, 1.807) is 11.8 Å². The summed E-state index contributed by atoms with van der Waals surface area (Å²) in [5, 5.41) is 0. The minimum Gasteiger partial charge on any atom is -0.493 e. The van der Waals surface area contributed by atoms with Gasteiger partial charge in [0, 0.05) is 16.7 Å². The summed E-state index contributed by atoms with van der Waals surface area (Å²) < 4.78 is 30.9. The topological polar surface area (TPSA) is 9.23 Å². The number of hydrogen-bond acceptors (Lipinski definition) is 2. The minimum atomic E-state index is -0.886. The lowest BCUT2D eigenvalue weighted by atomic mass is 10.3. The summed E-state index contributed by atoms with van der Waals surface area (Å²) in [7, 11) is 0. The highest BCUT2D eigenvalue weighted by Crippen LogP contribution is 2.18. The van der Waals surface area contributed by atoms with Crippen LogP contribution in [0.1, 0.15) is 0 Å². The second-order valence-electron chi connectivity index (χ2n) is 3.59. The Balaban J connectivity index is 1.77. The number of benzene rings is 2. The normalized spacial score (nSPS) is 10.3. The molecule has 1 nitrogen and oxygen atoms in total. The van der Waals surface area contributed by atoms with E-state index in [1.165, 1.54) is 6.07 Å². The Morgan fingerprint density at radius 2 is 1.72 bits per heavy atom. The molecule has 2 aromatic carbocycles. The highest BCUT2D eigenvalue weighted by molar-refractivity contribution is 7.99. The van der Waals surface area contributed by atoms with E-state index in [4.69, 9.17) is 4.74 Å². The molecule has 0 unspecified atom stereocenters. The van der Waals surface area contributed by atoms with Crippen molar-refractivity contribution >= 4 is 11.8 Å². The van der Waals surface area contributed by atoms with Gasteiger partial charge in [0.15, 0.2) is 11.6 Å². The summed E-state index contributed by atoms with van der Waals surface area (Å²) in [6.45, 7) is 0.449. The van der Waals surface area contributed by atoms with Crippen molar-refractivity contribution < 1.29 is 13.5 Å². The zero-order chi connectivity index (χ0) is 12.8. The Morgan fingerprint density at radius 1 is 0.944 bits per heavy atom. The molecule has 0 N–H and O–H groups in total. The fourth-order valence-electron chi connectivity index (χ4n) is 1.40. The minimum absolute atomic E-state index is 0.350. The average molecular weight is 266 g/mol. The van der Waals surface area contributed by atoms with Crippen molar-refractivity contribution in [1.29, 1.82) is 0 Å². The molecule has 0 bridgehead atoms. The molecule has 2 rings (SSSR count). The number of rotatable bonds is 5. The van der Waals surface area contributed by atoms with Gasteiger partial charge in [0.2, 0.25) is 0 Å². The monoisotopic (exact) mass is 266 g/mol. The fraction of sp³-hybridized carbons (Fsp3) is 0.143. The first-order valence-electron chi connectivity index (χ1n) is 5.51. The quantitative estimate of drug-likeness (QED) is 0.594. The highest BCUT2D eigenvalue weighted by atomic mass is 32.2. The highest BCUT2D eigenvalue weighted by Gasteiger charge is 2.03. The summed E-state index contributed by atoms with van der Waals surface area (Å²) in [5.74, 6) is -0.644. The van der Waals surface area contributed by atoms with Gasteiger partial charge in [0.25, 0.3) is 0 Å². The average Bonchev–Trinajstić information content (AvgIpc) is 2.40. The number of hydrogen-bond donors (Lipinski definition) is 0. The summed E-state index contributed by atoms with van der Waals surface area (Å²) in [5.41, 5.74) is 0. The molecule has 94 valence electrons. The van der Waals surface area contributed by atoms with E-state index in [-0.39, 0.29) is 0 Å².